The molecule has 1 N–H and O–H groups in total. The van der Waals surface area contributed by atoms with Crippen LogP contribution in [0.5, 0.6) is 0 Å². The van der Waals surface area contributed by atoms with Crippen LogP contribution in [0.4, 0.5) is 4.79 Å². The second-order valence-corrected chi connectivity index (χ2v) is 7.05. The second kappa shape index (κ2) is 6.02. The minimum absolute atomic E-state index is 0.0502. The standard InChI is InChI=1S/C18H20ClN3O/c19-16-3-1-2-14(9-16)15-5-7-22(11-15)18(23)20-17-8-13-4-6-21(10-13)12-17/h1-3,5,7,9,11,13,17H,4,6,8,10,12H2,(H,20,23)/t13-,17-/m1/s1. The number of nitrogens with one attached hydrogen (secondary N) is 1. The van der Waals surface area contributed by atoms with Crippen molar-refractivity contribution in [1.82, 2.24) is 14.8 Å². The van der Waals surface area contributed by atoms with Gasteiger partial charge >= 0.3 is 6.03 Å². The Morgan fingerprint density at radius 1 is 1.22 bits per heavy atom. The van der Waals surface area contributed by atoms with Gasteiger partial charge in [-0.1, -0.05) is 23.7 Å². The molecule has 2 saturated heterocycles. The summed E-state index contributed by atoms with van der Waals surface area (Å²) in [6.45, 7) is 3.36. The van der Waals surface area contributed by atoms with Crippen LogP contribution in [0.2, 0.25) is 5.02 Å². The van der Waals surface area contributed by atoms with Crippen molar-refractivity contribution < 1.29 is 4.79 Å². The van der Waals surface area contributed by atoms with Gasteiger partial charge < -0.3 is 10.2 Å². The van der Waals surface area contributed by atoms with Gasteiger partial charge in [0.1, 0.15) is 0 Å². The van der Waals surface area contributed by atoms with Crippen LogP contribution in [0.3, 0.4) is 0 Å². The number of benzene rings is 1. The van der Waals surface area contributed by atoms with Crippen molar-refractivity contribution in [3.05, 3.63) is 47.7 Å². The van der Waals surface area contributed by atoms with Crippen molar-refractivity contribution in [2.45, 2.75) is 18.9 Å². The van der Waals surface area contributed by atoms with E-state index >= 15 is 0 Å². The van der Waals surface area contributed by atoms with Gasteiger partial charge in [-0.25, -0.2) is 4.79 Å². The van der Waals surface area contributed by atoms with E-state index in [1.807, 2.05) is 42.7 Å². The zero-order valence-corrected chi connectivity index (χ0v) is 13.7. The van der Waals surface area contributed by atoms with E-state index in [-0.39, 0.29) is 12.1 Å². The van der Waals surface area contributed by atoms with Gasteiger partial charge in [0.05, 0.1) is 0 Å². The van der Waals surface area contributed by atoms with E-state index in [1.54, 1.807) is 4.57 Å². The summed E-state index contributed by atoms with van der Waals surface area (Å²) in [5.74, 6) is 0.751. The smallest absolute Gasteiger partial charge is 0.325 e. The average Bonchev–Trinajstić information content (AvgIpc) is 3.14. The second-order valence-electron chi connectivity index (χ2n) is 6.61. The fraction of sp³-hybridized carbons (Fsp3) is 0.389. The number of carbonyl (C=O) groups excluding carboxylic acids is 1. The van der Waals surface area contributed by atoms with Crippen molar-refractivity contribution >= 4 is 17.6 Å². The Bertz CT molecular complexity index is 715. The first-order valence-corrected chi connectivity index (χ1v) is 8.52. The monoisotopic (exact) mass is 329 g/mol. The molecule has 3 atom stereocenters. The predicted molar refractivity (Wildman–Crippen MR) is 91.8 cm³/mol. The van der Waals surface area contributed by atoms with Crippen LogP contribution in [-0.2, 0) is 0 Å². The Labute approximate surface area is 141 Å². The minimum Gasteiger partial charge on any atom is -0.333 e. The van der Waals surface area contributed by atoms with Gasteiger partial charge in [0.25, 0.3) is 0 Å². The van der Waals surface area contributed by atoms with Crippen LogP contribution in [0.15, 0.2) is 42.7 Å². The Morgan fingerprint density at radius 3 is 2.96 bits per heavy atom. The minimum atomic E-state index is -0.0502. The first-order valence-electron chi connectivity index (χ1n) is 8.14. The summed E-state index contributed by atoms with van der Waals surface area (Å²) in [6, 6.07) is 9.83. The van der Waals surface area contributed by atoms with Gasteiger partial charge in [-0.15, -0.1) is 0 Å². The molecule has 2 bridgehead atoms. The Hall–Kier alpha value is -1.78. The number of rotatable bonds is 2. The van der Waals surface area contributed by atoms with Gasteiger partial charge in [-0.3, -0.25) is 4.57 Å². The molecule has 1 aromatic heterocycles. The van der Waals surface area contributed by atoms with E-state index in [0.29, 0.717) is 5.02 Å². The highest BCUT2D eigenvalue weighted by Crippen LogP contribution is 2.27. The summed E-state index contributed by atoms with van der Waals surface area (Å²) >= 11 is 6.04. The number of aromatic nitrogens is 1. The SMILES string of the molecule is O=C(N[C@@H]1C[C@H]2CCN(C2)C1)n1ccc(-c2cccc(Cl)c2)c1. The molecule has 4 nitrogen and oxygen atoms in total. The third-order valence-corrected chi connectivity index (χ3v) is 5.11. The number of fused-ring (bicyclic) bond motifs is 2. The van der Waals surface area contributed by atoms with E-state index in [2.05, 4.69) is 10.2 Å². The molecular formula is C18H20ClN3O. The number of hydrogen-bond donors (Lipinski definition) is 1. The van der Waals surface area contributed by atoms with Gasteiger partial charge in [0.2, 0.25) is 0 Å². The maximum Gasteiger partial charge on any atom is 0.325 e. The molecule has 2 fully saturated rings. The molecule has 3 heterocycles. The quantitative estimate of drug-likeness (QED) is 0.916. The Balaban J connectivity index is 1.45. The number of nitrogens with zero attached hydrogens (tertiary/aromatic N) is 2. The van der Waals surface area contributed by atoms with Crippen LogP contribution in [-0.4, -0.2) is 41.2 Å². The molecule has 2 aliphatic rings. The molecule has 1 amide bonds. The lowest BCUT2D eigenvalue weighted by molar-refractivity contribution is 0.206. The third kappa shape index (κ3) is 3.14. The fourth-order valence-electron chi connectivity index (χ4n) is 3.78. The highest BCUT2D eigenvalue weighted by Gasteiger charge is 2.32. The zero-order chi connectivity index (χ0) is 15.8. The Morgan fingerprint density at radius 2 is 2.13 bits per heavy atom. The van der Waals surface area contributed by atoms with Crippen molar-refractivity contribution in [1.29, 1.82) is 0 Å². The van der Waals surface area contributed by atoms with E-state index in [0.717, 1.165) is 30.0 Å². The maximum atomic E-state index is 12.5. The topological polar surface area (TPSA) is 37.3 Å². The highest BCUT2D eigenvalue weighted by molar-refractivity contribution is 6.30. The fourth-order valence-corrected chi connectivity index (χ4v) is 3.97. The van der Waals surface area contributed by atoms with Crippen molar-refractivity contribution in [3.63, 3.8) is 0 Å². The first kappa shape index (κ1) is 14.8. The lowest BCUT2D eigenvalue weighted by Gasteiger charge is -2.30. The molecule has 5 heteroatoms. The number of carbonyl (C=O) groups is 1. The normalized spacial score (nSPS) is 26.2. The number of amides is 1. The number of hydrogen-bond acceptors (Lipinski definition) is 2. The molecule has 0 saturated carbocycles. The lowest BCUT2D eigenvalue weighted by Crippen LogP contribution is -2.47. The molecule has 1 aromatic carbocycles. The van der Waals surface area contributed by atoms with Crippen molar-refractivity contribution in [2.24, 2.45) is 5.92 Å². The maximum absolute atomic E-state index is 12.5. The van der Waals surface area contributed by atoms with Crippen LogP contribution >= 0.6 is 11.6 Å². The summed E-state index contributed by atoms with van der Waals surface area (Å²) in [4.78, 5) is 14.9. The van der Waals surface area contributed by atoms with Crippen LogP contribution in [0, 0.1) is 5.92 Å². The van der Waals surface area contributed by atoms with Crippen molar-refractivity contribution in [2.75, 3.05) is 19.6 Å². The third-order valence-electron chi connectivity index (χ3n) is 4.88. The van der Waals surface area contributed by atoms with Crippen LogP contribution < -0.4 is 5.32 Å². The van der Waals surface area contributed by atoms with Gasteiger partial charge in [-0.05, 0) is 54.6 Å². The predicted octanol–water partition coefficient (Wildman–Crippen LogP) is 3.46. The van der Waals surface area contributed by atoms with E-state index in [9.17, 15) is 4.79 Å². The summed E-state index contributed by atoms with van der Waals surface area (Å²) in [6.07, 6.45) is 6.04. The van der Waals surface area contributed by atoms with E-state index in [1.165, 1.54) is 19.5 Å². The van der Waals surface area contributed by atoms with Crippen LogP contribution in [0.25, 0.3) is 11.1 Å². The van der Waals surface area contributed by atoms with E-state index in [4.69, 9.17) is 11.6 Å². The van der Waals surface area contributed by atoms with Crippen LogP contribution in [0.1, 0.15) is 12.8 Å². The molecule has 2 aromatic rings. The summed E-state index contributed by atoms with van der Waals surface area (Å²) < 4.78 is 1.63. The Kier molecular flexibility index (Phi) is 3.87. The largest absolute Gasteiger partial charge is 0.333 e. The summed E-state index contributed by atoms with van der Waals surface area (Å²) in [5.41, 5.74) is 2.01. The molecule has 4 rings (SSSR count). The van der Waals surface area contributed by atoms with E-state index < -0.39 is 0 Å². The molecule has 0 spiro atoms. The summed E-state index contributed by atoms with van der Waals surface area (Å²) in [7, 11) is 0. The molecule has 2 aliphatic heterocycles. The zero-order valence-electron chi connectivity index (χ0n) is 12.9. The molecular weight excluding hydrogens is 310 g/mol. The lowest BCUT2D eigenvalue weighted by atomic mass is 9.97. The summed E-state index contributed by atoms with van der Waals surface area (Å²) in [5, 5.41) is 3.87. The highest BCUT2D eigenvalue weighted by atomic mass is 35.5. The first-order chi connectivity index (χ1) is 11.2. The molecule has 1 unspecified atom stereocenters. The molecule has 23 heavy (non-hydrogen) atoms. The van der Waals surface area contributed by atoms with Gasteiger partial charge in [0, 0.05) is 36.5 Å². The number of piperidine rings is 1. The van der Waals surface area contributed by atoms with Crippen molar-refractivity contribution in [3.8, 4) is 11.1 Å². The van der Waals surface area contributed by atoms with Gasteiger partial charge in [0.15, 0.2) is 0 Å². The average molecular weight is 330 g/mol. The molecule has 0 aliphatic carbocycles. The number of halogens is 1. The molecule has 0 radical (unpaired) electrons. The van der Waals surface area contributed by atoms with Gasteiger partial charge in [-0.2, -0.15) is 0 Å². The molecule has 120 valence electrons.